The fourth-order valence-corrected chi connectivity index (χ4v) is 3.44. The van der Waals surface area contributed by atoms with Crippen molar-refractivity contribution in [3.8, 4) is 0 Å². The van der Waals surface area contributed by atoms with Crippen molar-refractivity contribution in [1.82, 2.24) is 5.32 Å². The van der Waals surface area contributed by atoms with Crippen LogP contribution >= 0.6 is 23.2 Å². The number of ether oxygens (including phenoxy) is 2. The van der Waals surface area contributed by atoms with Crippen LogP contribution in [0.25, 0.3) is 0 Å². The van der Waals surface area contributed by atoms with Crippen LogP contribution in [0, 0.1) is 0 Å². The van der Waals surface area contributed by atoms with E-state index in [1.807, 2.05) is 24.3 Å². The van der Waals surface area contributed by atoms with Crippen molar-refractivity contribution in [3.05, 3.63) is 29.8 Å². The molecule has 10 nitrogen and oxygen atoms in total. The lowest BCUT2D eigenvalue weighted by Gasteiger charge is -2.23. The molecule has 2 atom stereocenters. The van der Waals surface area contributed by atoms with Crippen LogP contribution in [0.3, 0.4) is 0 Å². The number of aliphatic carboxylic acids is 1. The molecule has 0 heterocycles. The number of carboxylic acid groups (broad SMARTS) is 1. The third kappa shape index (κ3) is 15.4. The number of nitrogens with one attached hydrogen (secondary N) is 1. The zero-order valence-electron chi connectivity index (χ0n) is 21.6. The molecule has 0 radical (unpaired) electrons. The van der Waals surface area contributed by atoms with Crippen LogP contribution < -0.4 is 16.0 Å². The predicted octanol–water partition coefficient (Wildman–Crippen LogP) is 2.86. The minimum Gasteiger partial charge on any atom is -0.475 e. The van der Waals surface area contributed by atoms with E-state index in [4.69, 9.17) is 48.3 Å². The topological polar surface area (TPSA) is 148 Å². The minimum absolute atomic E-state index is 0.0184. The minimum atomic E-state index is -5.08. The van der Waals surface area contributed by atoms with E-state index in [0.29, 0.717) is 24.8 Å². The van der Waals surface area contributed by atoms with Gasteiger partial charge in [0.05, 0.1) is 19.3 Å². The van der Waals surface area contributed by atoms with Gasteiger partial charge in [0.15, 0.2) is 0 Å². The quantitative estimate of drug-likeness (QED) is 0.203. The number of carbonyl (C=O) groups is 4. The number of carbonyl (C=O) groups excluding carboxylic acids is 3. The Bertz CT molecular complexity index is 900. The van der Waals surface area contributed by atoms with Crippen LogP contribution in [0.5, 0.6) is 0 Å². The maximum Gasteiger partial charge on any atom is 0.490 e. The molecule has 0 aliphatic heterocycles. The number of alkyl halides is 5. The highest BCUT2D eigenvalue weighted by molar-refractivity contribution is 6.18. The molecule has 0 bridgehead atoms. The van der Waals surface area contributed by atoms with E-state index in [-0.39, 0.29) is 32.5 Å². The number of hydrogen-bond acceptors (Lipinski definition) is 8. The number of anilines is 1. The average molecular weight is 604 g/mol. The first-order valence-corrected chi connectivity index (χ1v) is 13.0. The van der Waals surface area contributed by atoms with Crippen molar-refractivity contribution < 1.29 is 46.9 Å². The van der Waals surface area contributed by atoms with Crippen molar-refractivity contribution in [2.75, 3.05) is 43.0 Å². The fraction of sp³-hybridized carbons (Fsp3) is 0.583. The van der Waals surface area contributed by atoms with Gasteiger partial charge < -0.3 is 30.5 Å². The molecule has 15 heteroatoms. The number of carboxylic acids is 1. The average Bonchev–Trinajstić information content (AvgIpc) is 2.86. The lowest BCUT2D eigenvalue weighted by molar-refractivity contribution is -0.192. The van der Waals surface area contributed by atoms with Crippen LogP contribution in [0.15, 0.2) is 24.3 Å². The van der Waals surface area contributed by atoms with Crippen molar-refractivity contribution in [3.63, 3.8) is 0 Å². The SMILES string of the molecule is CCOC(=O)CCC(NC(=O)C(N)Cc1ccc(N(CCCl)CCCl)cc1)C(=O)OCC.O=C(O)C(F)(F)F. The van der Waals surface area contributed by atoms with Crippen LogP contribution in [0.4, 0.5) is 18.9 Å². The highest BCUT2D eigenvalue weighted by Gasteiger charge is 2.38. The van der Waals surface area contributed by atoms with Crippen molar-refractivity contribution in [2.24, 2.45) is 5.73 Å². The van der Waals surface area contributed by atoms with Gasteiger partial charge in [0.25, 0.3) is 0 Å². The second kappa shape index (κ2) is 19.3. The van der Waals surface area contributed by atoms with Gasteiger partial charge >= 0.3 is 24.1 Å². The molecule has 1 aromatic rings. The van der Waals surface area contributed by atoms with Gasteiger partial charge in [-0.05, 0) is 44.4 Å². The summed E-state index contributed by atoms with van der Waals surface area (Å²) in [6.07, 6.45) is -4.75. The summed E-state index contributed by atoms with van der Waals surface area (Å²) in [6, 6.07) is 5.80. The number of amides is 1. The van der Waals surface area contributed by atoms with Crippen molar-refractivity contribution >= 4 is 52.7 Å². The molecule has 0 fully saturated rings. The Balaban J connectivity index is 0.00000181. The molecule has 0 aliphatic carbocycles. The van der Waals surface area contributed by atoms with Crippen LogP contribution in [-0.4, -0.2) is 85.2 Å². The predicted molar refractivity (Wildman–Crippen MR) is 140 cm³/mol. The van der Waals surface area contributed by atoms with Gasteiger partial charge in [-0.15, -0.1) is 23.2 Å². The second-order valence-corrected chi connectivity index (χ2v) is 8.56. The zero-order valence-corrected chi connectivity index (χ0v) is 23.2. The molecular weight excluding hydrogens is 570 g/mol. The lowest BCUT2D eigenvalue weighted by Crippen LogP contribution is -2.49. The Morgan fingerprint density at radius 3 is 1.97 bits per heavy atom. The Hall–Kier alpha value is -2.77. The summed E-state index contributed by atoms with van der Waals surface area (Å²) in [5, 5.41) is 9.72. The van der Waals surface area contributed by atoms with Crippen molar-refractivity contribution in [2.45, 2.75) is 51.4 Å². The van der Waals surface area contributed by atoms with Gasteiger partial charge in [0, 0.05) is 37.0 Å². The normalized spacial score (nSPS) is 12.3. The first-order valence-electron chi connectivity index (χ1n) is 11.9. The lowest BCUT2D eigenvalue weighted by atomic mass is 10.0. The maximum atomic E-state index is 12.6. The van der Waals surface area contributed by atoms with E-state index >= 15 is 0 Å². The van der Waals surface area contributed by atoms with Gasteiger partial charge in [0.2, 0.25) is 5.91 Å². The fourth-order valence-electron chi connectivity index (χ4n) is 3.03. The van der Waals surface area contributed by atoms with Crippen LogP contribution in [-0.2, 0) is 35.1 Å². The first kappa shape index (κ1) is 36.2. The molecule has 222 valence electrons. The number of rotatable bonds is 15. The molecule has 4 N–H and O–H groups in total. The third-order valence-electron chi connectivity index (χ3n) is 4.88. The number of benzene rings is 1. The Labute approximate surface area is 234 Å². The molecule has 1 amide bonds. The molecule has 2 unspecified atom stereocenters. The van der Waals surface area contributed by atoms with Gasteiger partial charge in [-0.2, -0.15) is 13.2 Å². The highest BCUT2D eigenvalue weighted by atomic mass is 35.5. The summed E-state index contributed by atoms with van der Waals surface area (Å²) in [7, 11) is 0. The first-order chi connectivity index (χ1) is 18.3. The van der Waals surface area contributed by atoms with Gasteiger partial charge in [-0.25, -0.2) is 9.59 Å². The molecule has 0 aliphatic rings. The molecule has 0 saturated carbocycles. The molecule has 0 aromatic heterocycles. The summed E-state index contributed by atoms with van der Waals surface area (Å²) in [5.74, 6) is -3.34. The van der Waals surface area contributed by atoms with Gasteiger partial charge in [-0.3, -0.25) is 9.59 Å². The zero-order chi connectivity index (χ0) is 30.0. The molecule has 1 rings (SSSR count). The monoisotopic (exact) mass is 603 g/mol. The smallest absolute Gasteiger partial charge is 0.475 e. The second-order valence-electron chi connectivity index (χ2n) is 7.80. The molecule has 0 saturated heterocycles. The summed E-state index contributed by atoms with van der Waals surface area (Å²) in [5.41, 5.74) is 7.92. The summed E-state index contributed by atoms with van der Waals surface area (Å²) < 4.78 is 41.6. The number of halogens is 5. The van der Waals surface area contributed by atoms with E-state index in [2.05, 4.69) is 10.2 Å². The van der Waals surface area contributed by atoms with Crippen LogP contribution in [0.2, 0.25) is 0 Å². The number of nitrogens with two attached hydrogens (primary N) is 1. The Morgan fingerprint density at radius 1 is 1.03 bits per heavy atom. The van der Waals surface area contributed by atoms with E-state index in [0.717, 1.165) is 11.3 Å². The molecule has 1 aromatic carbocycles. The summed E-state index contributed by atoms with van der Waals surface area (Å²) >= 11 is 11.7. The molecule has 39 heavy (non-hydrogen) atoms. The Morgan fingerprint density at radius 2 is 1.54 bits per heavy atom. The number of esters is 2. The van der Waals surface area contributed by atoms with Crippen molar-refractivity contribution in [1.29, 1.82) is 0 Å². The number of nitrogens with zero attached hydrogens (tertiary/aromatic N) is 1. The van der Waals surface area contributed by atoms with E-state index < -0.39 is 42.1 Å². The van der Waals surface area contributed by atoms with Crippen LogP contribution in [0.1, 0.15) is 32.3 Å². The Kier molecular flexibility index (Phi) is 17.9. The molecular formula is C24H34Cl2F3N3O7. The largest absolute Gasteiger partial charge is 0.490 e. The van der Waals surface area contributed by atoms with E-state index in [9.17, 15) is 27.6 Å². The van der Waals surface area contributed by atoms with E-state index in [1.165, 1.54) is 0 Å². The van der Waals surface area contributed by atoms with Gasteiger partial charge in [0.1, 0.15) is 6.04 Å². The highest BCUT2D eigenvalue weighted by Crippen LogP contribution is 2.17. The van der Waals surface area contributed by atoms with E-state index in [1.54, 1.807) is 13.8 Å². The third-order valence-corrected chi connectivity index (χ3v) is 5.21. The molecule has 0 spiro atoms. The maximum absolute atomic E-state index is 12.6. The standard InChI is InChI=1S/C22H33Cl2N3O5.C2HF3O2/c1-3-31-20(28)10-9-19(22(30)32-4-2)26-21(29)18(25)15-16-5-7-17(8-6-16)27(13-11-23)14-12-24;3-2(4,5)1(6)7/h5-8,18-19H,3-4,9-15,25H2,1-2H3,(H,26,29);(H,6,7). The summed E-state index contributed by atoms with van der Waals surface area (Å²) in [4.78, 5) is 47.4. The number of hydrogen-bond donors (Lipinski definition) is 3. The van der Waals surface area contributed by atoms with Gasteiger partial charge in [-0.1, -0.05) is 12.1 Å². The summed E-state index contributed by atoms with van der Waals surface area (Å²) in [6.45, 7) is 5.12.